The number of ether oxygens (including phenoxy) is 2. The van der Waals surface area contributed by atoms with E-state index in [0.29, 0.717) is 25.3 Å². The van der Waals surface area contributed by atoms with Crippen molar-refractivity contribution in [1.82, 2.24) is 14.7 Å². The monoisotopic (exact) mass is 339 g/mol. The molecule has 0 aliphatic carbocycles. The zero-order valence-electron chi connectivity index (χ0n) is 14.1. The van der Waals surface area contributed by atoms with Gasteiger partial charge < -0.3 is 19.2 Å². The van der Waals surface area contributed by atoms with Crippen molar-refractivity contribution in [2.45, 2.75) is 13.3 Å². The number of carbonyl (C=O) groups is 1. The van der Waals surface area contributed by atoms with E-state index >= 15 is 0 Å². The number of nitrogens with one attached hydrogen (secondary N) is 1. The Bertz CT molecular complexity index is 830. The molecule has 1 aromatic carbocycles. The van der Waals surface area contributed by atoms with Crippen LogP contribution in [-0.2, 0) is 11.2 Å². The molecule has 0 saturated carbocycles. The summed E-state index contributed by atoms with van der Waals surface area (Å²) < 4.78 is 12.9. The van der Waals surface area contributed by atoms with Crippen molar-refractivity contribution < 1.29 is 14.3 Å². The lowest BCUT2D eigenvalue weighted by molar-refractivity contribution is -0.123. The van der Waals surface area contributed by atoms with E-state index in [1.54, 1.807) is 0 Å². The number of para-hydroxylation sites is 1. The predicted molar refractivity (Wildman–Crippen MR) is 95.0 cm³/mol. The van der Waals surface area contributed by atoms with Crippen LogP contribution < -0.4 is 14.8 Å². The number of rotatable bonds is 8. The van der Waals surface area contributed by atoms with Gasteiger partial charge in [0.15, 0.2) is 18.0 Å². The highest BCUT2D eigenvalue weighted by molar-refractivity contribution is 5.77. The molecule has 130 valence electrons. The minimum absolute atomic E-state index is 0.00364. The molecule has 0 aliphatic rings. The number of fused-ring (bicyclic) bond motifs is 1. The van der Waals surface area contributed by atoms with Crippen LogP contribution in [0.5, 0.6) is 11.5 Å². The quantitative estimate of drug-likeness (QED) is 0.685. The maximum absolute atomic E-state index is 11.8. The predicted octanol–water partition coefficient (Wildman–Crippen LogP) is 2.47. The molecule has 1 N–H and O–H groups in total. The van der Waals surface area contributed by atoms with Crippen molar-refractivity contribution in [2.75, 3.05) is 19.8 Å². The summed E-state index contributed by atoms with van der Waals surface area (Å²) in [7, 11) is 0. The van der Waals surface area contributed by atoms with E-state index in [4.69, 9.17) is 9.47 Å². The molecule has 0 aliphatic heterocycles. The molecular weight excluding hydrogens is 318 g/mol. The van der Waals surface area contributed by atoms with E-state index in [9.17, 15) is 4.79 Å². The van der Waals surface area contributed by atoms with Gasteiger partial charge in [0.1, 0.15) is 5.75 Å². The second-order valence-electron chi connectivity index (χ2n) is 5.47. The number of benzene rings is 1. The molecule has 0 atom stereocenters. The molecule has 2 aromatic heterocycles. The summed E-state index contributed by atoms with van der Waals surface area (Å²) in [5.74, 6) is 1.29. The highest BCUT2D eigenvalue weighted by Gasteiger charge is 2.08. The molecule has 25 heavy (non-hydrogen) atoms. The summed E-state index contributed by atoms with van der Waals surface area (Å²) >= 11 is 0. The van der Waals surface area contributed by atoms with Crippen LogP contribution in [0.3, 0.4) is 0 Å². The van der Waals surface area contributed by atoms with Gasteiger partial charge in [-0.3, -0.25) is 4.79 Å². The maximum atomic E-state index is 11.8. The van der Waals surface area contributed by atoms with Crippen LogP contribution in [0, 0.1) is 0 Å². The first-order valence-electron chi connectivity index (χ1n) is 8.30. The van der Waals surface area contributed by atoms with E-state index < -0.39 is 0 Å². The third-order valence-electron chi connectivity index (χ3n) is 3.61. The molecule has 1 amide bonds. The molecule has 6 heteroatoms. The van der Waals surface area contributed by atoms with E-state index in [0.717, 1.165) is 17.1 Å². The van der Waals surface area contributed by atoms with Crippen LogP contribution in [0.15, 0.2) is 54.9 Å². The Balaban J connectivity index is 1.49. The third-order valence-corrected chi connectivity index (χ3v) is 3.61. The van der Waals surface area contributed by atoms with Crippen LogP contribution in [-0.4, -0.2) is 35.1 Å². The Kier molecular flexibility index (Phi) is 5.51. The second-order valence-corrected chi connectivity index (χ2v) is 5.47. The van der Waals surface area contributed by atoms with Crippen molar-refractivity contribution in [3.63, 3.8) is 0 Å². The number of hydrogen-bond acceptors (Lipinski definition) is 4. The van der Waals surface area contributed by atoms with Crippen molar-refractivity contribution in [2.24, 2.45) is 0 Å². The van der Waals surface area contributed by atoms with Gasteiger partial charge in [-0.25, -0.2) is 4.98 Å². The summed E-state index contributed by atoms with van der Waals surface area (Å²) in [5.41, 5.74) is 1.69. The molecule has 0 fully saturated rings. The number of imidazole rings is 1. The molecule has 0 saturated heterocycles. The van der Waals surface area contributed by atoms with Gasteiger partial charge in [0.2, 0.25) is 0 Å². The lowest BCUT2D eigenvalue weighted by atomic mass is 10.3. The molecule has 0 radical (unpaired) electrons. The fourth-order valence-corrected chi connectivity index (χ4v) is 2.47. The first kappa shape index (κ1) is 16.8. The average Bonchev–Trinajstić information content (AvgIpc) is 3.05. The van der Waals surface area contributed by atoms with E-state index in [2.05, 4.69) is 10.3 Å². The Labute approximate surface area is 146 Å². The fraction of sp³-hybridized carbons (Fsp3) is 0.263. The van der Waals surface area contributed by atoms with E-state index in [-0.39, 0.29) is 12.5 Å². The van der Waals surface area contributed by atoms with Crippen molar-refractivity contribution in [3.8, 4) is 11.5 Å². The van der Waals surface area contributed by atoms with Crippen LogP contribution in [0.4, 0.5) is 0 Å². The van der Waals surface area contributed by atoms with Gasteiger partial charge in [-0.05, 0) is 31.2 Å². The van der Waals surface area contributed by atoms with Crippen molar-refractivity contribution >= 4 is 11.6 Å². The molecule has 0 unspecified atom stereocenters. The van der Waals surface area contributed by atoms with Gasteiger partial charge in [0.25, 0.3) is 5.91 Å². The lowest BCUT2D eigenvalue weighted by Gasteiger charge is -2.06. The summed E-state index contributed by atoms with van der Waals surface area (Å²) in [5, 5.41) is 2.84. The average molecular weight is 339 g/mol. The molecule has 3 rings (SSSR count). The zero-order chi connectivity index (χ0) is 17.5. The van der Waals surface area contributed by atoms with Gasteiger partial charge in [0.05, 0.1) is 12.3 Å². The van der Waals surface area contributed by atoms with Crippen molar-refractivity contribution in [1.29, 1.82) is 0 Å². The number of aromatic nitrogens is 2. The molecular formula is C19H21N3O3. The van der Waals surface area contributed by atoms with Crippen LogP contribution >= 0.6 is 0 Å². The van der Waals surface area contributed by atoms with Crippen molar-refractivity contribution in [3.05, 3.63) is 60.6 Å². The standard InChI is InChI=1S/C19H21N3O3/c1-2-24-17-9-6-12-22-13-15(21-19(17)22)10-11-20-18(23)14-25-16-7-4-3-5-8-16/h3-9,12-13H,2,10-11,14H2,1H3,(H,20,23). The first-order chi connectivity index (χ1) is 12.3. The molecule has 0 spiro atoms. The van der Waals surface area contributed by atoms with Gasteiger partial charge >= 0.3 is 0 Å². The zero-order valence-corrected chi connectivity index (χ0v) is 14.1. The number of hydrogen-bond donors (Lipinski definition) is 1. The van der Waals surface area contributed by atoms with Gasteiger partial charge in [-0.2, -0.15) is 0 Å². The van der Waals surface area contributed by atoms with Gasteiger partial charge in [0, 0.05) is 25.4 Å². The third kappa shape index (κ3) is 4.50. The number of pyridine rings is 1. The van der Waals surface area contributed by atoms with Gasteiger partial charge in [-0.1, -0.05) is 18.2 Å². The summed E-state index contributed by atoms with van der Waals surface area (Å²) in [6, 6.07) is 13.1. The Morgan fingerprint density at radius 2 is 2.00 bits per heavy atom. The molecule has 3 aromatic rings. The van der Waals surface area contributed by atoms with E-state index in [1.807, 2.05) is 66.2 Å². The van der Waals surface area contributed by atoms with Crippen LogP contribution in [0.25, 0.3) is 5.65 Å². The van der Waals surface area contributed by atoms with Crippen LogP contribution in [0.1, 0.15) is 12.6 Å². The highest BCUT2D eigenvalue weighted by Crippen LogP contribution is 2.19. The minimum Gasteiger partial charge on any atom is -0.490 e. The summed E-state index contributed by atoms with van der Waals surface area (Å²) in [6.45, 7) is 3.05. The smallest absolute Gasteiger partial charge is 0.257 e. The molecule has 0 bridgehead atoms. The Morgan fingerprint density at radius 1 is 1.16 bits per heavy atom. The normalized spacial score (nSPS) is 10.6. The number of carbonyl (C=O) groups excluding carboxylic acids is 1. The second kappa shape index (κ2) is 8.19. The molecule has 2 heterocycles. The minimum atomic E-state index is -0.150. The first-order valence-corrected chi connectivity index (χ1v) is 8.30. The fourth-order valence-electron chi connectivity index (χ4n) is 2.47. The largest absolute Gasteiger partial charge is 0.490 e. The summed E-state index contributed by atoms with van der Waals surface area (Å²) in [6.07, 6.45) is 4.52. The topological polar surface area (TPSA) is 64.9 Å². The Hall–Kier alpha value is -3.02. The number of nitrogens with zero attached hydrogens (tertiary/aromatic N) is 2. The van der Waals surface area contributed by atoms with E-state index in [1.165, 1.54) is 0 Å². The van der Waals surface area contributed by atoms with Crippen LogP contribution in [0.2, 0.25) is 0 Å². The maximum Gasteiger partial charge on any atom is 0.257 e. The molecule has 6 nitrogen and oxygen atoms in total. The highest BCUT2D eigenvalue weighted by atomic mass is 16.5. The summed E-state index contributed by atoms with van der Waals surface area (Å²) in [4.78, 5) is 16.4. The lowest BCUT2D eigenvalue weighted by Crippen LogP contribution is -2.30. The van der Waals surface area contributed by atoms with Gasteiger partial charge in [-0.15, -0.1) is 0 Å². The SMILES string of the molecule is CCOc1cccn2cc(CCNC(=O)COc3ccccc3)nc12. The Morgan fingerprint density at radius 3 is 2.80 bits per heavy atom. The number of amides is 1.